The highest BCUT2D eigenvalue weighted by molar-refractivity contribution is 6.30. The molecule has 3 nitrogen and oxygen atoms in total. The molecule has 0 radical (unpaired) electrons. The molecule has 1 aromatic carbocycles. The van der Waals surface area contributed by atoms with Crippen LogP contribution >= 0.6 is 11.6 Å². The van der Waals surface area contributed by atoms with Gasteiger partial charge in [-0.25, -0.2) is 8.78 Å². The summed E-state index contributed by atoms with van der Waals surface area (Å²) in [4.78, 5) is 14.9. The molecule has 0 unspecified atom stereocenters. The number of carbonyl (C=O) groups excluding carboxylic acids is 1. The van der Waals surface area contributed by atoms with Crippen LogP contribution in [0.15, 0.2) is 24.3 Å². The Kier molecular flexibility index (Phi) is 5.95. The first-order valence-electron chi connectivity index (χ1n) is 9.07. The van der Waals surface area contributed by atoms with Crippen molar-refractivity contribution >= 4 is 17.5 Å². The highest BCUT2D eigenvalue weighted by atomic mass is 35.5. The predicted octanol–water partition coefficient (Wildman–Crippen LogP) is 4.00. The van der Waals surface area contributed by atoms with Crippen LogP contribution < -0.4 is 5.32 Å². The van der Waals surface area contributed by atoms with Crippen LogP contribution in [0.1, 0.15) is 44.1 Å². The van der Waals surface area contributed by atoms with E-state index in [1.54, 1.807) is 4.90 Å². The van der Waals surface area contributed by atoms with Crippen molar-refractivity contribution < 1.29 is 13.6 Å². The molecule has 1 saturated carbocycles. The van der Waals surface area contributed by atoms with Crippen molar-refractivity contribution in [3.8, 4) is 0 Å². The molecule has 1 aromatic rings. The van der Waals surface area contributed by atoms with Crippen LogP contribution in [0.5, 0.6) is 0 Å². The Morgan fingerprint density at radius 2 is 1.80 bits per heavy atom. The zero-order valence-electron chi connectivity index (χ0n) is 14.3. The van der Waals surface area contributed by atoms with Gasteiger partial charge >= 0.3 is 0 Å². The number of likely N-dealkylation sites (tertiary alicyclic amines) is 1. The third-order valence-electron chi connectivity index (χ3n) is 5.61. The average molecular weight is 371 g/mol. The van der Waals surface area contributed by atoms with Crippen molar-refractivity contribution in [2.24, 2.45) is 0 Å². The van der Waals surface area contributed by atoms with Crippen molar-refractivity contribution in [2.45, 2.75) is 56.4 Å². The first-order valence-corrected chi connectivity index (χ1v) is 9.45. The van der Waals surface area contributed by atoms with E-state index in [0.717, 1.165) is 44.1 Å². The number of hydrogen-bond acceptors (Lipinski definition) is 2. The standard InChI is InChI=1S/C19H25ClF2N2O/c20-15-5-3-14(4-6-15)19(9-1-2-10-19)18(25)23-16-7-11-24(12-8-16)13-17(21)22/h3-6,16-17H,1-2,7-13H2,(H,23,25). The number of hydrogen-bond donors (Lipinski definition) is 1. The van der Waals surface area contributed by atoms with Gasteiger partial charge in [-0.3, -0.25) is 9.69 Å². The van der Waals surface area contributed by atoms with Crippen LogP contribution in [0.3, 0.4) is 0 Å². The van der Waals surface area contributed by atoms with Gasteiger partial charge in [-0.1, -0.05) is 36.6 Å². The first-order chi connectivity index (χ1) is 12.0. The number of amides is 1. The minimum atomic E-state index is -2.29. The van der Waals surface area contributed by atoms with Crippen molar-refractivity contribution in [3.63, 3.8) is 0 Å². The molecular formula is C19H25ClF2N2O. The summed E-state index contributed by atoms with van der Waals surface area (Å²) in [6, 6.07) is 7.67. The quantitative estimate of drug-likeness (QED) is 0.849. The molecule has 0 aromatic heterocycles. The maximum absolute atomic E-state index is 13.1. The lowest BCUT2D eigenvalue weighted by Gasteiger charge is -2.35. The van der Waals surface area contributed by atoms with Gasteiger partial charge in [-0.2, -0.15) is 0 Å². The summed E-state index contributed by atoms with van der Waals surface area (Å²) in [5, 5.41) is 3.87. The molecule has 2 aliphatic rings. The zero-order valence-corrected chi connectivity index (χ0v) is 15.1. The van der Waals surface area contributed by atoms with Gasteiger partial charge in [-0.15, -0.1) is 0 Å². The second kappa shape index (κ2) is 8.00. The molecule has 0 atom stereocenters. The van der Waals surface area contributed by atoms with Crippen molar-refractivity contribution in [3.05, 3.63) is 34.9 Å². The highest BCUT2D eigenvalue weighted by Crippen LogP contribution is 2.42. The maximum atomic E-state index is 13.1. The first kappa shape index (κ1) is 18.6. The number of carbonyl (C=O) groups is 1. The summed E-state index contributed by atoms with van der Waals surface area (Å²) in [7, 11) is 0. The fourth-order valence-electron chi connectivity index (χ4n) is 4.17. The molecule has 1 amide bonds. The van der Waals surface area contributed by atoms with Gasteiger partial charge in [0.2, 0.25) is 5.91 Å². The minimum absolute atomic E-state index is 0.0752. The van der Waals surface area contributed by atoms with Crippen LogP contribution in [-0.4, -0.2) is 42.9 Å². The Labute approximate surface area is 152 Å². The normalized spacial score (nSPS) is 21.6. The highest BCUT2D eigenvalue weighted by Gasteiger charge is 2.43. The minimum Gasteiger partial charge on any atom is -0.353 e. The number of nitrogens with one attached hydrogen (secondary N) is 1. The van der Waals surface area contributed by atoms with Crippen LogP contribution in [-0.2, 0) is 10.2 Å². The third kappa shape index (κ3) is 4.32. The number of rotatable bonds is 5. The molecule has 1 heterocycles. The predicted molar refractivity (Wildman–Crippen MR) is 95.2 cm³/mol. The summed E-state index contributed by atoms with van der Waals surface area (Å²) in [5.41, 5.74) is 0.562. The van der Waals surface area contributed by atoms with Crippen molar-refractivity contribution in [1.29, 1.82) is 0 Å². The molecule has 25 heavy (non-hydrogen) atoms. The van der Waals surface area contributed by atoms with E-state index in [1.807, 2.05) is 24.3 Å². The SMILES string of the molecule is O=C(NC1CCN(CC(F)F)CC1)C1(c2ccc(Cl)cc2)CCCC1. The number of nitrogens with zero attached hydrogens (tertiary/aromatic N) is 1. The van der Waals surface area contributed by atoms with Gasteiger partial charge in [0, 0.05) is 24.2 Å². The molecular weight excluding hydrogens is 346 g/mol. The Morgan fingerprint density at radius 3 is 2.36 bits per heavy atom. The molecule has 1 saturated heterocycles. The van der Waals surface area contributed by atoms with E-state index in [4.69, 9.17) is 11.6 Å². The fraction of sp³-hybridized carbons (Fsp3) is 0.632. The maximum Gasteiger partial charge on any atom is 0.251 e. The molecule has 1 N–H and O–H groups in total. The monoisotopic (exact) mass is 370 g/mol. The van der Waals surface area contributed by atoms with E-state index in [2.05, 4.69) is 5.32 Å². The Morgan fingerprint density at radius 1 is 1.20 bits per heavy atom. The van der Waals surface area contributed by atoms with Gasteiger partial charge in [0.25, 0.3) is 6.43 Å². The molecule has 0 spiro atoms. The van der Waals surface area contributed by atoms with E-state index in [-0.39, 0.29) is 18.5 Å². The molecule has 0 bridgehead atoms. The second-order valence-electron chi connectivity index (χ2n) is 7.24. The van der Waals surface area contributed by atoms with E-state index in [9.17, 15) is 13.6 Å². The summed E-state index contributed by atoms with van der Waals surface area (Å²) in [6.07, 6.45) is 2.96. The van der Waals surface area contributed by atoms with Gasteiger partial charge in [0.05, 0.1) is 12.0 Å². The lowest BCUT2D eigenvalue weighted by atomic mass is 9.77. The summed E-state index contributed by atoms with van der Waals surface area (Å²) in [5.74, 6) is 0.0830. The van der Waals surface area contributed by atoms with Crippen LogP contribution in [0.4, 0.5) is 8.78 Å². The van der Waals surface area contributed by atoms with Gasteiger partial charge in [-0.05, 0) is 43.4 Å². The Balaban J connectivity index is 1.64. The Bertz CT molecular complexity index is 580. The van der Waals surface area contributed by atoms with Crippen LogP contribution in [0, 0.1) is 0 Å². The van der Waals surface area contributed by atoms with E-state index in [0.29, 0.717) is 18.1 Å². The number of piperidine rings is 1. The number of benzene rings is 1. The largest absolute Gasteiger partial charge is 0.353 e. The summed E-state index contributed by atoms with van der Waals surface area (Å²) in [6.45, 7) is 1.06. The van der Waals surface area contributed by atoms with Gasteiger partial charge in [0.1, 0.15) is 0 Å². The van der Waals surface area contributed by atoms with Crippen molar-refractivity contribution in [1.82, 2.24) is 10.2 Å². The molecule has 1 aliphatic carbocycles. The smallest absolute Gasteiger partial charge is 0.251 e. The fourth-order valence-corrected chi connectivity index (χ4v) is 4.30. The lowest BCUT2D eigenvalue weighted by molar-refractivity contribution is -0.127. The lowest BCUT2D eigenvalue weighted by Crippen LogP contribution is -2.51. The summed E-state index contributed by atoms with van der Waals surface area (Å²) >= 11 is 5.99. The number of halogens is 3. The molecule has 6 heteroatoms. The Hall–Kier alpha value is -1.20. The molecule has 3 rings (SSSR count). The topological polar surface area (TPSA) is 32.3 Å². The second-order valence-corrected chi connectivity index (χ2v) is 7.67. The molecule has 2 fully saturated rings. The van der Waals surface area contributed by atoms with E-state index in [1.165, 1.54) is 0 Å². The van der Waals surface area contributed by atoms with Crippen molar-refractivity contribution in [2.75, 3.05) is 19.6 Å². The van der Waals surface area contributed by atoms with Gasteiger partial charge < -0.3 is 5.32 Å². The number of alkyl halides is 2. The van der Waals surface area contributed by atoms with Crippen LogP contribution in [0.25, 0.3) is 0 Å². The van der Waals surface area contributed by atoms with Gasteiger partial charge in [0.15, 0.2) is 0 Å². The van der Waals surface area contributed by atoms with Crippen LogP contribution in [0.2, 0.25) is 5.02 Å². The van der Waals surface area contributed by atoms with E-state index < -0.39 is 11.8 Å². The summed E-state index contributed by atoms with van der Waals surface area (Å²) < 4.78 is 25.0. The molecule has 138 valence electrons. The third-order valence-corrected chi connectivity index (χ3v) is 5.86. The van der Waals surface area contributed by atoms with E-state index >= 15 is 0 Å². The average Bonchev–Trinajstić information content (AvgIpc) is 3.08. The molecule has 1 aliphatic heterocycles. The zero-order chi connectivity index (χ0) is 17.9.